The van der Waals surface area contributed by atoms with Gasteiger partial charge in [-0.1, -0.05) is 55.1 Å². The predicted octanol–water partition coefficient (Wildman–Crippen LogP) is 7.00. The summed E-state index contributed by atoms with van der Waals surface area (Å²) in [5.74, 6) is 1.06. The van der Waals surface area contributed by atoms with Crippen molar-refractivity contribution >= 4 is 27.8 Å². The second-order valence-corrected chi connectivity index (χ2v) is 8.93. The molecule has 0 saturated carbocycles. The monoisotopic (exact) mass is 515 g/mol. The molecule has 0 aliphatic heterocycles. The molecular weight excluding hydrogens is 490 g/mol. The van der Waals surface area contributed by atoms with Gasteiger partial charge in [-0.15, -0.1) is 10.2 Å². The molecule has 0 unspecified atom stereocenters. The largest absolute Gasteiger partial charge is 0.493 e. The molecule has 192 valence electrons. The zero-order valence-corrected chi connectivity index (χ0v) is 21.1. The summed E-state index contributed by atoms with van der Waals surface area (Å²) >= 11 is 0. The van der Waals surface area contributed by atoms with E-state index in [9.17, 15) is 4.79 Å². The number of ether oxygens (including phenoxy) is 2. The number of fused-ring (bicyclic) bond motifs is 3. The smallest absolute Gasteiger partial charge is 0.330 e. The molecule has 0 atom stereocenters. The lowest BCUT2D eigenvalue weighted by Crippen LogP contribution is -2.06. The van der Waals surface area contributed by atoms with E-state index in [0.29, 0.717) is 30.6 Å². The summed E-state index contributed by atoms with van der Waals surface area (Å²) in [5.41, 5.74) is 4.87. The first-order valence-corrected chi connectivity index (χ1v) is 12.7. The third-order valence-electron chi connectivity index (χ3n) is 6.41. The zero-order valence-electron chi connectivity index (χ0n) is 21.1. The Morgan fingerprint density at radius 1 is 0.795 bits per heavy atom. The van der Waals surface area contributed by atoms with Gasteiger partial charge >= 0.3 is 5.97 Å². The van der Waals surface area contributed by atoms with Gasteiger partial charge in [-0.25, -0.2) is 4.79 Å². The molecule has 7 nitrogen and oxygen atoms in total. The van der Waals surface area contributed by atoms with Crippen molar-refractivity contribution in [2.75, 3.05) is 13.2 Å². The standard InChI is InChI=1S/C32H25N3O4/c1-2-30(36)38-19-9-18-37-25-13-8-11-23(21-25)32-34-33-31(39-32)22-10-7-12-24(20-22)35-28-16-5-3-14-26(28)27-15-4-6-17-29(27)35/h2-8,10-17,20-21H,1,9,18-19H2. The van der Waals surface area contributed by atoms with Crippen LogP contribution in [-0.2, 0) is 9.53 Å². The predicted molar refractivity (Wildman–Crippen MR) is 151 cm³/mol. The van der Waals surface area contributed by atoms with Crippen LogP contribution >= 0.6 is 0 Å². The fourth-order valence-electron chi connectivity index (χ4n) is 4.63. The number of rotatable bonds is 9. The topological polar surface area (TPSA) is 79.4 Å². The van der Waals surface area contributed by atoms with Crippen molar-refractivity contribution in [1.82, 2.24) is 14.8 Å². The first kappa shape index (κ1) is 24.2. The molecule has 2 aromatic heterocycles. The molecule has 0 aliphatic carbocycles. The zero-order chi connectivity index (χ0) is 26.6. The molecule has 7 heteroatoms. The molecule has 0 saturated heterocycles. The molecule has 0 radical (unpaired) electrons. The Morgan fingerprint density at radius 2 is 1.44 bits per heavy atom. The molecule has 4 aromatic carbocycles. The summed E-state index contributed by atoms with van der Waals surface area (Å²) < 4.78 is 19.1. The number of carbonyl (C=O) groups excluding carboxylic acids is 1. The van der Waals surface area contributed by atoms with Crippen LogP contribution < -0.4 is 4.74 Å². The van der Waals surface area contributed by atoms with Crippen LogP contribution in [0.4, 0.5) is 0 Å². The van der Waals surface area contributed by atoms with Crippen LogP contribution in [0.5, 0.6) is 5.75 Å². The van der Waals surface area contributed by atoms with Crippen molar-refractivity contribution < 1.29 is 18.7 Å². The van der Waals surface area contributed by atoms with Crippen LogP contribution in [-0.4, -0.2) is 33.9 Å². The van der Waals surface area contributed by atoms with E-state index in [1.54, 1.807) is 0 Å². The van der Waals surface area contributed by atoms with Gasteiger partial charge in [-0.05, 0) is 48.5 Å². The minimum Gasteiger partial charge on any atom is -0.493 e. The Labute approximate surface area is 224 Å². The summed E-state index contributed by atoms with van der Waals surface area (Å²) in [7, 11) is 0. The fourth-order valence-corrected chi connectivity index (χ4v) is 4.63. The molecular formula is C32H25N3O4. The van der Waals surface area contributed by atoms with Gasteiger partial charge in [0.1, 0.15) is 5.75 Å². The molecule has 0 amide bonds. The second-order valence-electron chi connectivity index (χ2n) is 8.93. The Hall–Kier alpha value is -5.17. The molecule has 6 aromatic rings. The maximum atomic E-state index is 11.1. The average Bonchev–Trinajstić information content (AvgIpc) is 3.61. The van der Waals surface area contributed by atoms with E-state index < -0.39 is 5.97 Å². The summed E-state index contributed by atoms with van der Waals surface area (Å²) in [4.78, 5) is 11.1. The van der Waals surface area contributed by atoms with Gasteiger partial charge < -0.3 is 18.5 Å². The number of hydrogen-bond donors (Lipinski definition) is 0. The summed E-state index contributed by atoms with van der Waals surface area (Å²) in [6.45, 7) is 4.05. The quantitative estimate of drug-likeness (QED) is 0.117. The minimum atomic E-state index is -0.440. The number of nitrogens with zero attached hydrogens (tertiary/aromatic N) is 3. The SMILES string of the molecule is C=CC(=O)OCCCOc1cccc(-c2nnc(-c3cccc(-n4c5ccccc5c5ccccc54)c3)o2)c1. The van der Waals surface area contributed by atoms with Crippen molar-refractivity contribution in [2.24, 2.45) is 0 Å². The van der Waals surface area contributed by atoms with Crippen LogP contribution in [0.3, 0.4) is 0 Å². The number of carbonyl (C=O) groups is 1. The molecule has 0 fully saturated rings. The molecule has 0 spiro atoms. The van der Waals surface area contributed by atoms with Gasteiger partial charge in [0, 0.05) is 40.1 Å². The van der Waals surface area contributed by atoms with Crippen molar-refractivity contribution in [3.8, 4) is 34.3 Å². The fraction of sp³-hybridized carbons (Fsp3) is 0.0938. The van der Waals surface area contributed by atoms with E-state index in [2.05, 4.69) is 82.0 Å². The number of aromatic nitrogens is 3. The van der Waals surface area contributed by atoms with E-state index in [0.717, 1.165) is 33.9 Å². The van der Waals surface area contributed by atoms with E-state index in [1.807, 2.05) is 36.4 Å². The number of esters is 1. The molecule has 0 bridgehead atoms. The first-order chi connectivity index (χ1) is 19.2. The van der Waals surface area contributed by atoms with E-state index in [4.69, 9.17) is 13.9 Å². The highest BCUT2D eigenvalue weighted by Crippen LogP contribution is 2.33. The summed E-state index contributed by atoms with van der Waals surface area (Å²) in [5, 5.41) is 11.0. The van der Waals surface area contributed by atoms with Gasteiger partial charge in [0.05, 0.1) is 24.2 Å². The maximum absolute atomic E-state index is 11.1. The van der Waals surface area contributed by atoms with Gasteiger partial charge in [-0.2, -0.15) is 0 Å². The van der Waals surface area contributed by atoms with Crippen molar-refractivity contribution in [3.63, 3.8) is 0 Å². The first-order valence-electron chi connectivity index (χ1n) is 12.7. The number of benzene rings is 4. The van der Waals surface area contributed by atoms with Gasteiger partial charge in [0.2, 0.25) is 11.8 Å². The molecule has 0 N–H and O–H groups in total. The van der Waals surface area contributed by atoms with Gasteiger partial charge in [0.25, 0.3) is 0 Å². The summed E-state index contributed by atoms with van der Waals surface area (Å²) in [6.07, 6.45) is 1.71. The van der Waals surface area contributed by atoms with Crippen LogP contribution in [0.15, 0.2) is 114 Å². The lowest BCUT2D eigenvalue weighted by atomic mass is 10.2. The van der Waals surface area contributed by atoms with Gasteiger partial charge in [-0.3, -0.25) is 0 Å². The van der Waals surface area contributed by atoms with E-state index in [1.165, 1.54) is 10.8 Å². The highest BCUT2D eigenvalue weighted by atomic mass is 16.5. The second kappa shape index (κ2) is 10.7. The third-order valence-corrected chi connectivity index (χ3v) is 6.41. The Morgan fingerprint density at radius 3 is 2.13 bits per heavy atom. The average molecular weight is 516 g/mol. The van der Waals surface area contributed by atoms with Crippen LogP contribution in [0.1, 0.15) is 6.42 Å². The Balaban J connectivity index is 1.24. The normalized spacial score (nSPS) is 11.1. The van der Waals surface area contributed by atoms with E-state index >= 15 is 0 Å². The minimum absolute atomic E-state index is 0.269. The maximum Gasteiger partial charge on any atom is 0.330 e. The van der Waals surface area contributed by atoms with Crippen molar-refractivity contribution in [1.29, 1.82) is 0 Å². The van der Waals surface area contributed by atoms with Crippen molar-refractivity contribution in [3.05, 3.63) is 110 Å². The van der Waals surface area contributed by atoms with Crippen LogP contribution in [0.25, 0.3) is 50.4 Å². The van der Waals surface area contributed by atoms with Crippen LogP contribution in [0, 0.1) is 0 Å². The van der Waals surface area contributed by atoms with Crippen molar-refractivity contribution in [2.45, 2.75) is 6.42 Å². The highest BCUT2D eigenvalue weighted by molar-refractivity contribution is 6.09. The Kier molecular flexibility index (Phi) is 6.62. The summed E-state index contributed by atoms with van der Waals surface area (Å²) in [6, 6.07) is 32.4. The lowest BCUT2D eigenvalue weighted by Gasteiger charge is -2.08. The number of para-hydroxylation sites is 2. The number of hydrogen-bond acceptors (Lipinski definition) is 6. The molecule has 2 heterocycles. The molecule has 39 heavy (non-hydrogen) atoms. The van der Waals surface area contributed by atoms with Gasteiger partial charge in [0.15, 0.2) is 0 Å². The highest BCUT2D eigenvalue weighted by Gasteiger charge is 2.15. The third kappa shape index (κ3) is 4.90. The Bertz CT molecular complexity index is 1750. The van der Waals surface area contributed by atoms with Crippen LogP contribution in [0.2, 0.25) is 0 Å². The van der Waals surface area contributed by atoms with E-state index in [-0.39, 0.29) is 6.61 Å². The lowest BCUT2D eigenvalue weighted by molar-refractivity contribution is -0.137. The molecule has 6 rings (SSSR count). The molecule has 0 aliphatic rings.